The number of rotatable bonds is 6. The smallest absolute Gasteiger partial charge is 0.322 e. The van der Waals surface area contributed by atoms with Gasteiger partial charge in [-0.25, -0.2) is 9.18 Å². The van der Waals surface area contributed by atoms with Crippen molar-refractivity contribution in [3.05, 3.63) is 94.4 Å². The molecule has 1 aliphatic rings. The van der Waals surface area contributed by atoms with Crippen LogP contribution in [0.25, 0.3) is 22.0 Å². The molecule has 1 aliphatic heterocycles. The van der Waals surface area contributed by atoms with E-state index in [1.165, 1.54) is 6.07 Å². The lowest BCUT2D eigenvalue weighted by Gasteiger charge is -2.11. The van der Waals surface area contributed by atoms with E-state index in [0.29, 0.717) is 29.6 Å². The van der Waals surface area contributed by atoms with Crippen molar-refractivity contribution in [2.75, 3.05) is 6.54 Å². The Hall–Kier alpha value is -4.46. The maximum Gasteiger partial charge on any atom is 0.322 e. The highest BCUT2D eigenvalue weighted by Gasteiger charge is 2.30. The third-order valence-corrected chi connectivity index (χ3v) is 6.57. The molecule has 8 heteroatoms. The highest BCUT2D eigenvalue weighted by atomic mass is 19.1. The highest BCUT2D eigenvalue weighted by molar-refractivity contribution is 6.04. The molecule has 1 atom stereocenters. The van der Waals surface area contributed by atoms with Crippen LogP contribution in [-0.2, 0) is 11.2 Å². The number of nitrogens with one attached hydrogen (secondary N) is 4. The van der Waals surface area contributed by atoms with Crippen LogP contribution < -0.4 is 16.0 Å². The van der Waals surface area contributed by atoms with Crippen LogP contribution in [0.15, 0.2) is 60.7 Å². The van der Waals surface area contributed by atoms with Crippen molar-refractivity contribution in [3.63, 3.8) is 0 Å². The van der Waals surface area contributed by atoms with E-state index in [4.69, 9.17) is 0 Å². The van der Waals surface area contributed by atoms with Crippen molar-refractivity contribution in [3.8, 4) is 11.1 Å². The maximum absolute atomic E-state index is 14.2. The molecule has 0 radical (unpaired) electrons. The van der Waals surface area contributed by atoms with Crippen LogP contribution in [0.3, 0.4) is 0 Å². The van der Waals surface area contributed by atoms with Gasteiger partial charge in [0.2, 0.25) is 0 Å². The summed E-state index contributed by atoms with van der Waals surface area (Å²) in [6.45, 7) is 4.28. The van der Waals surface area contributed by atoms with Crippen molar-refractivity contribution in [2.45, 2.75) is 26.3 Å². The summed E-state index contributed by atoms with van der Waals surface area (Å²) >= 11 is 0. The van der Waals surface area contributed by atoms with E-state index in [-0.39, 0.29) is 17.6 Å². The molecule has 7 nitrogen and oxygen atoms in total. The monoisotopic (exact) mass is 484 g/mol. The van der Waals surface area contributed by atoms with E-state index < -0.39 is 12.1 Å². The summed E-state index contributed by atoms with van der Waals surface area (Å²) in [4.78, 5) is 39.3. The summed E-state index contributed by atoms with van der Waals surface area (Å²) in [5.74, 6) is -0.857. The fraction of sp³-hybridized carbons (Fsp3) is 0.179. The fourth-order valence-electron chi connectivity index (χ4n) is 4.72. The molecule has 5 rings (SSSR count). The average Bonchev–Trinajstić information content (AvgIpc) is 3.40. The van der Waals surface area contributed by atoms with Crippen LogP contribution in [-0.4, -0.2) is 29.4 Å². The topological polar surface area (TPSA) is 103 Å². The van der Waals surface area contributed by atoms with Crippen molar-refractivity contribution in [1.29, 1.82) is 0 Å². The first-order chi connectivity index (χ1) is 17.3. The summed E-state index contributed by atoms with van der Waals surface area (Å²) in [5.41, 5.74) is 6.35. The van der Waals surface area contributed by atoms with Gasteiger partial charge in [0.25, 0.3) is 11.8 Å². The molecule has 4 N–H and O–H groups in total. The first-order valence-electron chi connectivity index (χ1n) is 11.7. The van der Waals surface area contributed by atoms with Crippen molar-refractivity contribution in [2.24, 2.45) is 0 Å². The van der Waals surface area contributed by atoms with Gasteiger partial charge < -0.3 is 15.6 Å². The molecule has 3 aromatic carbocycles. The highest BCUT2D eigenvalue weighted by Crippen LogP contribution is 2.28. The minimum Gasteiger partial charge on any atom is -0.356 e. The molecular weight excluding hydrogens is 459 g/mol. The number of hydrogen-bond acceptors (Lipinski definition) is 3. The number of fused-ring (bicyclic) bond motifs is 1. The number of amides is 4. The number of carbonyl (C=O) groups is 3. The Morgan fingerprint density at radius 1 is 1.00 bits per heavy atom. The van der Waals surface area contributed by atoms with Gasteiger partial charge in [0.1, 0.15) is 11.9 Å². The number of benzene rings is 3. The number of carbonyl (C=O) groups excluding carboxylic acids is 3. The second-order valence-electron chi connectivity index (χ2n) is 8.95. The average molecular weight is 485 g/mol. The van der Waals surface area contributed by atoms with Crippen LogP contribution in [0, 0.1) is 19.7 Å². The molecule has 1 saturated heterocycles. The molecule has 1 unspecified atom stereocenters. The fourth-order valence-corrected chi connectivity index (χ4v) is 4.72. The third kappa shape index (κ3) is 4.33. The Morgan fingerprint density at radius 3 is 2.50 bits per heavy atom. The Balaban J connectivity index is 1.25. The first-order valence-corrected chi connectivity index (χ1v) is 11.7. The standard InChI is InChI=1S/C28H25FN4O3/c1-15-6-11-22(29)25-23(15)21(16(2)31-25)12-13-30-26(34)18-9-7-17(8-10-18)19-4-3-5-20(14-19)24-27(35)33-28(36)32-24/h3-11,14,24,31H,12-13H2,1-2H3,(H,30,34)(H2,32,33,35,36). The van der Waals surface area contributed by atoms with Gasteiger partial charge in [0.05, 0.1) is 5.52 Å². The lowest BCUT2D eigenvalue weighted by atomic mass is 9.98. The number of halogens is 1. The van der Waals surface area contributed by atoms with E-state index >= 15 is 0 Å². The number of imide groups is 1. The Bertz CT molecular complexity index is 1510. The summed E-state index contributed by atoms with van der Waals surface area (Å²) in [6.07, 6.45) is 0.581. The van der Waals surface area contributed by atoms with E-state index in [2.05, 4.69) is 20.9 Å². The molecule has 0 saturated carbocycles. The lowest BCUT2D eigenvalue weighted by molar-refractivity contribution is -0.120. The summed E-state index contributed by atoms with van der Waals surface area (Å²) < 4.78 is 14.2. The van der Waals surface area contributed by atoms with Gasteiger partial charge in [-0.15, -0.1) is 0 Å². The van der Waals surface area contributed by atoms with E-state index in [0.717, 1.165) is 33.3 Å². The van der Waals surface area contributed by atoms with Crippen molar-refractivity contribution >= 4 is 28.7 Å². The minimum atomic E-state index is -0.719. The molecule has 1 aromatic heterocycles. The van der Waals surface area contributed by atoms with Crippen LogP contribution in [0.5, 0.6) is 0 Å². The molecule has 4 amide bonds. The first kappa shape index (κ1) is 23.3. The maximum atomic E-state index is 14.2. The molecule has 182 valence electrons. The molecular formula is C28H25FN4O3. The quantitative estimate of drug-likeness (QED) is 0.304. The van der Waals surface area contributed by atoms with Crippen LogP contribution in [0.1, 0.15) is 38.8 Å². The van der Waals surface area contributed by atoms with Gasteiger partial charge in [-0.2, -0.15) is 0 Å². The van der Waals surface area contributed by atoms with Crippen LogP contribution >= 0.6 is 0 Å². The van der Waals surface area contributed by atoms with E-state index in [1.54, 1.807) is 24.3 Å². The zero-order valence-corrected chi connectivity index (χ0v) is 19.9. The number of aromatic nitrogens is 1. The summed E-state index contributed by atoms with van der Waals surface area (Å²) in [7, 11) is 0. The Labute approximate surface area is 207 Å². The number of H-pyrrole nitrogens is 1. The van der Waals surface area contributed by atoms with Gasteiger partial charge in [-0.05, 0) is 72.4 Å². The number of urea groups is 1. The lowest BCUT2D eigenvalue weighted by Crippen LogP contribution is -2.25. The Kier molecular flexibility index (Phi) is 6.01. The van der Waals surface area contributed by atoms with Gasteiger partial charge in [0.15, 0.2) is 0 Å². The van der Waals surface area contributed by atoms with Gasteiger partial charge in [-0.3, -0.25) is 14.9 Å². The van der Waals surface area contributed by atoms with Gasteiger partial charge in [-0.1, -0.05) is 36.4 Å². The predicted molar refractivity (Wildman–Crippen MR) is 135 cm³/mol. The molecule has 1 fully saturated rings. The second-order valence-corrected chi connectivity index (χ2v) is 8.95. The molecule has 36 heavy (non-hydrogen) atoms. The third-order valence-electron chi connectivity index (χ3n) is 6.57. The van der Waals surface area contributed by atoms with Crippen LogP contribution in [0.2, 0.25) is 0 Å². The second kappa shape index (κ2) is 9.30. The minimum absolute atomic E-state index is 0.193. The van der Waals surface area contributed by atoms with Crippen molar-refractivity contribution < 1.29 is 18.8 Å². The number of aromatic amines is 1. The van der Waals surface area contributed by atoms with Gasteiger partial charge >= 0.3 is 6.03 Å². The van der Waals surface area contributed by atoms with Crippen LogP contribution in [0.4, 0.5) is 9.18 Å². The number of hydrogen-bond donors (Lipinski definition) is 4. The number of aryl methyl sites for hydroxylation is 2. The summed E-state index contributed by atoms with van der Waals surface area (Å²) in [6, 6.07) is 16.5. The summed E-state index contributed by atoms with van der Waals surface area (Å²) in [5, 5.41) is 8.66. The molecule has 2 heterocycles. The SMILES string of the molecule is Cc1[nH]c2c(F)ccc(C)c2c1CCNC(=O)c1ccc(-c2cccc(C3NC(=O)NC3=O)c2)cc1. The molecule has 0 spiro atoms. The zero-order valence-electron chi connectivity index (χ0n) is 19.9. The molecule has 0 bridgehead atoms. The normalized spacial score (nSPS) is 15.1. The zero-order chi connectivity index (χ0) is 25.4. The van der Waals surface area contributed by atoms with Crippen molar-refractivity contribution in [1.82, 2.24) is 20.9 Å². The van der Waals surface area contributed by atoms with E-state index in [9.17, 15) is 18.8 Å². The Morgan fingerprint density at radius 2 is 1.78 bits per heavy atom. The predicted octanol–water partition coefficient (Wildman–Crippen LogP) is 4.44. The van der Waals surface area contributed by atoms with Gasteiger partial charge in [0, 0.05) is 23.2 Å². The largest absolute Gasteiger partial charge is 0.356 e. The van der Waals surface area contributed by atoms with E-state index in [1.807, 2.05) is 44.2 Å². The molecule has 0 aliphatic carbocycles. The molecule has 4 aromatic rings.